The quantitative estimate of drug-likeness (QED) is 0.788. The van der Waals surface area contributed by atoms with E-state index >= 15 is 0 Å². The molecule has 0 spiro atoms. The van der Waals surface area contributed by atoms with Crippen LogP contribution >= 0.6 is 15.9 Å². The van der Waals surface area contributed by atoms with Crippen molar-refractivity contribution >= 4 is 27.9 Å². The highest BCUT2D eigenvalue weighted by molar-refractivity contribution is 9.10. The Balaban J connectivity index is 2.12. The van der Waals surface area contributed by atoms with Crippen LogP contribution in [-0.4, -0.2) is 24.6 Å². The van der Waals surface area contributed by atoms with E-state index in [1.165, 1.54) is 0 Å². The largest absolute Gasteiger partial charge is 0.462 e. The Morgan fingerprint density at radius 1 is 1.39 bits per heavy atom. The van der Waals surface area contributed by atoms with Gasteiger partial charge in [-0.3, -0.25) is 0 Å². The molecule has 0 saturated carbocycles. The Bertz CT molecular complexity index is 478. The van der Waals surface area contributed by atoms with Crippen LogP contribution in [0, 0.1) is 5.41 Å². The van der Waals surface area contributed by atoms with Crippen molar-refractivity contribution in [1.82, 2.24) is 0 Å². The van der Waals surface area contributed by atoms with Gasteiger partial charge in [-0.2, -0.15) is 0 Å². The van der Waals surface area contributed by atoms with Gasteiger partial charge in [0.05, 0.1) is 5.56 Å². The molecule has 1 aliphatic heterocycles. The van der Waals surface area contributed by atoms with Gasteiger partial charge in [0.1, 0.15) is 6.61 Å². The number of hydrogen-bond donors (Lipinski definition) is 0. The van der Waals surface area contributed by atoms with Crippen molar-refractivity contribution in [1.29, 1.82) is 0 Å². The van der Waals surface area contributed by atoms with Crippen molar-refractivity contribution in [2.45, 2.75) is 20.0 Å². The summed E-state index contributed by atoms with van der Waals surface area (Å²) in [7, 11) is 0. The second-order valence-electron chi connectivity index (χ2n) is 4.89. The first kappa shape index (κ1) is 13.1. The van der Waals surface area contributed by atoms with Crippen molar-refractivity contribution in [3.63, 3.8) is 0 Å². The fourth-order valence-electron chi connectivity index (χ4n) is 1.70. The summed E-state index contributed by atoms with van der Waals surface area (Å²) in [4.78, 5) is 23.4. The van der Waals surface area contributed by atoms with Crippen LogP contribution in [0.25, 0.3) is 0 Å². The van der Waals surface area contributed by atoms with Crippen LogP contribution in [0.2, 0.25) is 0 Å². The molecule has 1 atom stereocenters. The predicted octanol–water partition coefficient (Wildman–Crippen LogP) is 2.56. The van der Waals surface area contributed by atoms with Gasteiger partial charge in [0.2, 0.25) is 6.10 Å². The molecule has 1 aromatic carbocycles. The molecule has 5 heteroatoms. The molecule has 0 unspecified atom stereocenters. The number of esters is 2. The molecule has 1 fully saturated rings. The van der Waals surface area contributed by atoms with Gasteiger partial charge in [-0.25, -0.2) is 9.59 Å². The van der Waals surface area contributed by atoms with Crippen LogP contribution in [0.4, 0.5) is 0 Å². The standard InChI is InChI=1S/C13H13BrO4/c1-13(2)7-17-12(16)10(13)18-11(15)8-3-5-9(14)6-4-8/h3-6,10H,7H2,1-2H3/t10-/m0/s1. The van der Waals surface area contributed by atoms with Gasteiger partial charge in [-0.15, -0.1) is 0 Å². The normalized spacial score (nSPS) is 21.5. The van der Waals surface area contributed by atoms with E-state index < -0.39 is 23.5 Å². The number of carbonyl (C=O) groups excluding carboxylic acids is 2. The van der Waals surface area contributed by atoms with E-state index in [4.69, 9.17) is 9.47 Å². The zero-order valence-electron chi connectivity index (χ0n) is 10.1. The smallest absolute Gasteiger partial charge is 0.348 e. The highest BCUT2D eigenvalue weighted by Gasteiger charge is 2.46. The molecule has 0 radical (unpaired) electrons. The molecule has 18 heavy (non-hydrogen) atoms. The number of ether oxygens (including phenoxy) is 2. The van der Waals surface area contributed by atoms with Crippen molar-refractivity contribution in [3.8, 4) is 0 Å². The average Bonchev–Trinajstić information content (AvgIpc) is 2.57. The van der Waals surface area contributed by atoms with Gasteiger partial charge in [0.25, 0.3) is 0 Å². The number of rotatable bonds is 2. The molecule has 96 valence electrons. The highest BCUT2D eigenvalue weighted by Crippen LogP contribution is 2.31. The fourth-order valence-corrected chi connectivity index (χ4v) is 1.96. The summed E-state index contributed by atoms with van der Waals surface area (Å²) in [5.41, 5.74) is -0.0732. The lowest BCUT2D eigenvalue weighted by atomic mass is 9.90. The van der Waals surface area contributed by atoms with Crippen LogP contribution in [-0.2, 0) is 14.3 Å². The molecule has 0 aliphatic carbocycles. The predicted molar refractivity (Wildman–Crippen MR) is 68.1 cm³/mol. The summed E-state index contributed by atoms with van der Waals surface area (Å²) in [6.45, 7) is 3.93. The van der Waals surface area contributed by atoms with Crippen LogP contribution in [0.1, 0.15) is 24.2 Å². The molecule has 1 aromatic rings. The van der Waals surface area contributed by atoms with Crippen molar-refractivity contribution in [2.75, 3.05) is 6.61 Å². The maximum atomic E-state index is 11.9. The highest BCUT2D eigenvalue weighted by atomic mass is 79.9. The number of carbonyl (C=O) groups is 2. The minimum absolute atomic E-state index is 0.268. The van der Waals surface area contributed by atoms with Crippen LogP contribution < -0.4 is 0 Å². The average molecular weight is 313 g/mol. The van der Waals surface area contributed by atoms with Gasteiger partial charge < -0.3 is 9.47 Å². The van der Waals surface area contributed by atoms with Gasteiger partial charge >= 0.3 is 11.9 Å². The molecular formula is C13H13BrO4. The molecule has 2 rings (SSSR count). The van der Waals surface area contributed by atoms with Crippen molar-refractivity contribution in [2.24, 2.45) is 5.41 Å². The molecule has 0 aromatic heterocycles. The SMILES string of the molecule is CC1(C)COC(=O)[C@@H]1OC(=O)c1ccc(Br)cc1. The summed E-state index contributed by atoms with van der Waals surface area (Å²) in [6, 6.07) is 6.77. The third kappa shape index (κ3) is 2.56. The zero-order valence-corrected chi connectivity index (χ0v) is 11.7. The minimum atomic E-state index is -0.839. The van der Waals surface area contributed by atoms with Crippen LogP contribution in [0.3, 0.4) is 0 Å². The molecule has 1 aliphatic rings. The Kier molecular flexibility index (Phi) is 3.43. The number of benzene rings is 1. The molecule has 4 nitrogen and oxygen atoms in total. The maximum Gasteiger partial charge on any atom is 0.348 e. The van der Waals surface area contributed by atoms with E-state index in [-0.39, 0.29) is 6.61 Å². The second-order valence-corrected chi connectivity index (χ2v) is 5.80. The Morgan fingerprint density at radius 3 is 2.50 bits per heavy atom. The lowest BCUT2D eigenvalue weighted by Gasteiger charge is -2.21. The Morgan fingerprint density at radius 2 is 2.00 bits per heavy atom. The first-order valence-corrected chi connectivity index (χ1v) is 6.33. The third-order valence-corrected chi connectivity index (χ3v) is 3.34. The number of cyclic esters (lactones) is 1. The molecule has 0 amide bonds. The zero-order chi connectivity index (χ0) is 13.3. The van der Waals surface area contributed by atoms with Gasteiger partial charge in [0, 0.05) is 9.89 Å². The summed E-state index contributed by atoms with van der Waals surface area (Å²) in [5, 5.41) is 0. The van der Waals surface area contributed by atoms with Gasteiger partial charge in [-0.1, -0.05) is 29.8 Å². The first-order valence-electron chi connectivity index (χ1n) is 5.53. The molecular weight excluding hydrogens is 300 g/mol. The van der Waals surface area contributed by atoms with Crippen molar-refractivity contribution in [3.05, 3.63) is 34.3 Å². The Hall–Kier alpha value is -1.36. The molecule has 0 N–H and O–H groups in total. The molecule has 0 bridgehead atoms. The maximum absolute atomic E-state index is 11.9. The summed E-state index contributed by atoms with van der Waals surface area (Å²) in [5.74, 6) is -0.995. The van der Waals surface area contributed by atoms with Crippen LogP contribution in [0.5, 0.6) is 0 Å². The van der Waals surface area contributed by atoms with E-state index in [0.717, 1.165) is 4.47 Å². The lowest BCUT2D eigenvalue weighted by molar-refractivity contribution is -0.145. The molecule has 1 heterocycles. The lowest BCUT2D eigenvalue weighted by Crippen LogP contribution is -2.34. The summed E-state index contributed by atoms with van der Waals surface area (Å²) < 4.78 is 11.0. The van der Waals surface area contributed by atoms with Gasteiger partial charge in [-0.05, 0) is 24.3 Å². The second kappa shape index (κ2) is 4.72. The third-order valence-electron chi connectivity index (χ3n) is 2.82. The monoisotopic (exact) mass is 312 g/mol. The van der Waals surface area contributed by atoms with Gasteiger partial charge in [0.15, 0.2) is 0 Å². The Labute approximate surface area is 113 Å². The van der Waals surface area contributed by atoms with Crippen LogP contribution in [0.15, 0.2) is 28.7 Å². The summed E-state index contributed by atoms with van der Waals surface area (Å²) >= 11 is 3.28. The van der Waals surface area contributed by atoms with E-state index in [0.29, 0.717) is 5.56 Å². The van der Waals surface area contributed by atoms with E-state index in [1.54, 1.807) is 24.3 Å². The minimum Gasteiger partial charge on any atom is -0.462 e. The summed E-state index contributed by atoms with van der Waals surface area (Å²) in [6.07, 6.45) is -0.839. The first-order chi connectivity index (χ1) is 8.40. The van der Waals surface area contributed by atoms with E-state index in [1.807, 2.05) is 13.8 Å². The topological polar surface area (TPSA) is 52.6 Å². The number of hydrogen-bond acceptors (Lipinski definition) is 4. The molecule has 1 saturated heterocycles. The number of halogens is 1. The van der Waals surface area contributed by atoms with E-state index in [2.05, 4.69) is 15.9 Å². The van der Waals surface area contributed by atoms with E-state index in [9.17, 15) is 9.59 Å². The fraction of sp³-hybridized carbons (Fsp3) is 0.385. The van der Waals surface area contributed by atoms with Crippen molar-refractivity contribution < 1.29 is 19.1 Å².